The van der Waals surface area contributed by atoms with Crippen LogP contribution in [-0.2, 0) is 16.6 Å². The molecule has 5 heteroatoms. The van der Waals surface area contributed by atoms with Gasteiger partial charge in [-0.2, -0.15) is 0 Å². The minimum Gasteiger partial charge on any atom is -0.493 e. The van der Waals surface area contributed by atoms with Crippen LogP contribution >= 0.6 is 11.6 Å². The normalized spacial score (nSPS) is 17.1. The summed E-state index contributed by atoms with van der Waals surface area (Å²) in [5.41, 5.74) is 0.765. The zero-order valence-electron chi connectivity index (χ0n) is 13.4. The predicted molar refractivity (Wildman–Crippen MR) is 86.3 cm³/mol. The Morgan fingerprint density at radius 2 is 1.91 bits per heavy atom. The van der Waals surface area contributed by atoms with Crippen LogP contribution in [0.5, 0.6) is 11.5 Å². The van der Waals surface area contributed by atoms with Crippen LogP contribution in [0.3, 0.4) is 0 Å². The highest BCUT2D eigenvalue weighted by atomic mass is 35.5. The maximum absolute atomic E-state index is 12.1. The van der Waals surface area contributed by atoms with Crippen LogP contribution in [0.2, 0.25) is 5.02 Å². The number of methoxy groups -OCH3 is 2. The van der Waals surface area contributed by atoms with Gasteiger partial charge in [0.15, 0.2) is 11.5 Å². The molecule has 1 aliphatic rings. The van der Waals surface area contributed by atoms with Gasteiger partial charge in [-0.25, -0.2) is 0 Å². The van der Waals surface area contributed by atoms with Crippen molar-refractivity contribution in [1.82, 2.24) is 0 Å². The molecular formula is C17H23ClO4. The van der Waals surface area contributed by atoms with Crippen molar-refractivity contribution >= 4 is 17.6 Å². The minimum absolute atomic E-state index is 0.463. The summed E-state index contributed by atoms with van der Waals surface area (Å²) in [6.07, 6.45) is 4.85. The molecule has 1 fully saturated rings. The molecule has 0 atom stereocenters. The molecule has 0 heterocycles. The molecule has 0 radical (unpaired) electrons. The SMILES string of the molecule is CCc1c(C2(C(=O)O)CCCCC2)cc(OC)c(OC)c1Cl. The fourth-order valence-corrected chi connectivity index (χ4v) is 3.92. The number of hydrogen-bond acceptors (Lipinski definition) is 3. The van der Waals surface area contributed by atoms with E-state index in [0.717, 1.165) is 30.4 Å². The monoisotopic (exact) mass is 326 g/mol. The number of halogens is 1. The lowest BCUT2D eigenvalue weighted by Crippen LogP contribution is -2.38. The Kier molecular flexibility index (Phi) is 5.22. The van der Waals surface area contributed by atoms with E-state index in [1.165, 1.54) is 14.2 Å². The van der Waals surface area contributed by atoms with Gasteiger partial charge >= 0.3 is 5.97 Å². The van der Waals surface area contributed by atoms with Gasteiger partial charge in [-0.05, 0) is 36.5 Å². The molecule has 0 unspecified atom stereocenters. The van der Waals surface area contributed by atoms with Crippen LogP contribution in [0.4, 0.5) is 0 Å². The second-order valence-electron chi connectivity index (χ2n) is 5.75. The first-order valence-electron chi connectivity index (χ1n) is 7.69. The predicted octanol–water partition coefficient (Wildman–Crippen LogP) is 4.21. The number of ether oxygens (including phenoxy) is 2. The van der Waals surface area contributed by atoms with Crippen molar-refractivity contribution in [2.24, 2.45) is 0 Å². The van der Waals surface area contributed by atoms with E-state index in [0.29, 0.717) is 35.8 Å². The molecule has 0 aliphatic heterocycles. The van der Waals surface area contributed by atoms with E-state index in [1.807, 2.05) is 13.0 Å². The average Bonchev–Trinajstić information content (AvgIpc) is 2.54. The highest BCUT2D eigenvalue weighted by Crippen LogP contribution is 2.48. The van der Waals surface area contributed by atoms with Gasteiger partial charge in [0.2, 0.25) is 0 Å². The van der Waals surface area contributed by atoms with E-state index in [2.05, 4.69) is 0 Å². The van der Waals surface area contributed by atoms with Gasteiger partial charge in [-0.1, -0.05) is 37.8 Å². The number of aliphatic carboxylic acids is 1. The van der Waals surface area contributed by atoms with Crippen molar-refractivity contribution in [3.05, 3.63) is 22.2 Å². The molecule has 1 N–H and O–H groups in total. The molecule has 0 saturated heterocycles. The molecule has 0 amide bonds. The zero-order valence-corrected chi connectivity index (χ0v) is 14.1. The van der Waals surface area contributed by atoms with E-state index in [4.69, 9.17) is 21.1 Å². The maximum atomic E-state index is 12.1. The second-order valence-corrected chi connectivity index (χ2v) is 6.13. The lowest BCUT2D eigenvalue weighted by molar-refractivity contribution is -0.145. The Morgan fingerprint density at radius 1 is 1.27 bits per heavy atom. The largest absolute Gasteiger partial charge is 0.493 e. The third-order valence-corrected chi connectivity index (χ3v) is 5.10. The Hall–Kier alpha value is -1.42. The lowest BCUT2D eigenvalue weighted by atomic mass is 9.67. The van der Waals surface area contributed by atoms with Gasteiger partial charge in [0, 0.05) is 0 Å². The number of hydrogen-bond donors (Lipinski definition) is 1. The van der Waals surface area contributed by atoms with E-state index in [-0.39, 0.29) is 0 Å². The van der Waals surface area contributed by atoms with Crippen molar-refractivity contribution < 1.29 is 19.4 Å². The van der Waals surface area contributed by atoms with Crippen molar-refractivity contribution in [3.8, 4) is 11.5 Å². The van der Waals surface area contributed by atoms with Crippen LogP contribution in [0.1, 0.15) is 50.2 Å². The molecule has 0 spiro atoms. The van der Waals surface area contributed by atoms with Crippen molar-refractivity contribution in [2.45, 2.75) is 50.9 Å². The van der Waals surface area contributed by atoms with E-state index in [1.54, 1.807) is 0 Å². The summed E-state index contributed by atoms with van der Waals surface area (Å²) >= 11 is 6.49. The topological polar surface area (TPSA) is 55.8 Å². The van der Waals surface area contributed by atoms with Gasteiger partial charge in [-0.15, -0.1) is 0 Å². The Labute approximate surface area is 136 Å². The molecule has 4 nitrogen and oxygen atoms in total. The molecular weight excluding hydrogens is 304 g/mol. The summed E-state index contributed by atoms with van der Waals surface area (Å²) in [7, 11) is 3.08. The van der Waals surface area contributed by atoms with Crippen LogP contribution in [-0.4, -0.2) is 25.3 Å². The molecule has 0 bridgehead atoms. The quantitative estimate of drug-likeness (QED) is 0.880. The van der Waals surface area contributed by atoms with E-state index >= 15 is 0 Å². The fraction of sp³-hybridized carbons (Fsp3) is 0.588. The van der Waals surface area contributed by atoms with Gasteiger partial charge in [0.1, 0.15) is 0 Å². The van der Waals surface area contributed by atoms with Crippen LogP contribution in [0.15, 0.2) is 6.07 Å². The summed E-state index contributed by atoms with van der Waals surface area (Å²) in [5.74, 6) is 0.192. The van der Waals surface area contributed by atoms with E-state index < -0.39 is 11.4 Å². The summed E-state index contributed by atoms with van der Waals surface area (Å²) in [6.45, 7) is 1.98. The summed E-state index contributed by atoms with van der Waals surface area (Å²) in [5, 5.41) is 10.4. The number of carboxylic acid groups (broad SMARTS) is 1. The van der Waals surface area contributed by atoms with Gasteiger partial charge in [0.05, 0.1) is 24.7 Å². The molecule has 2 rings (SSSR count). The Bertz CT molecular complexity index is 562. The van der Waals surface area contributed by atoms with Crippen LogP contribution in [0, 0.1) is 0 Å². The van der Waals surface area contributed by atoms with Crippen molar-refractivity contribution in [1.29, 1.82) is 0 Å². The number of carbonyl (C=O) groups is 1. The Morgan fingerprint density at radius 3 is 2.36 bits per heavy atom. The summed E-state index contributed by atoms with van der Waals surface area (Å²) in [6, 6.07) is 1.81. The number of carboxylic acids is 1. The molecule has 0 aromatic heterocycles. The number of rotatable bonds is 5. The fourth-order valence-electron chi connectivity index (χ4n) is 3.52. The van der Waals surface area contributed by atoms with Crippen molar-refractivity contribution in [3.63, 3.8) is 0 Å². The maximum Gasteiger partial charge on any atom is 0.314 e. The average molecular weight is 327 g/mol. The van der Waals surface area contributed by atoms with Gasteiger partial charge < -0.3 is 14.6 Å². The third kappa shape index (κ3) is 2.65. The highest BCUT2D eigenvalue weighted by Gasteiger charge is 2.43. The molecule has 1 saturated carbocycles. The highest BCUT2D eigenvalue weighted by molar-refractivity contribution is 6.33. The van der Waals surface area contributed by atoms with E-state index in [9.17, 15) is 9.90 Å². The summed E-state index contributed by atoms with van der Waals surface area (Å²) < 4.78 is 10.7. The molecule has 122 valence electrons. The first-order valence-corrected chi connectivity index (χ1v) is 8.06. The molecule has 1 aromatic carbocycles. The molecule has 22 heavy (non-hydrogen) atoms. The molecule has 1 aromatic rings. The standard InChI is InChI=1S/C17H23ClO4/c1-4-11-12(10-13(21-2)15(22-3)14(11)18)17(16(19)20)8-6-5-7-9-17/h10H,4-9H2,1-3H3,(H,19,20). The zero-order chi connectivity index (χ0) is 16.3. The van der Waals surface area contributed by atoms with Gasteiger partial charge in [0.25, 0.3) is 0 Å². The van der Waals surface area contributed by atoms with Crippen molar-refractivity contribution in [2.75, 3.05) is 14.2 Å². The van der Waals surface area contributed by atoms with Gasteiger partial charge in [-0.3, -0.25) is 4.79 Å². The smallest absolute Gasteiger partial charge is 0.314 e. The second kappa shape index (κ2) is 6.78. The Balaban J connectivity index is 2.71. The minimum atomic E-state index is -0.868. The number of benzene rings is 1. The summed E-state index contributed by atoms with van der Waals surface area (Å²) in [4.78, 5) is 12.1. The first-order chi connectivity index (χ1) is 10.5. The van der Waals surface area contributed by atoms with Crippen LogP contribution in [0.25, 0.3) is 0 Å². The third-order valence-electron chi connectivity index (χ3n) is 4.70. The molecule has 1 aliphatic carbocycles. The van der Waals surface area contributed by atoms with Crippen LogP contribution < -0.4 is 9.47 Å². The lowest BCUT2D eigenvalue weighted by Gasteiger charge is -2.36. The first kappa shape index (κ1) is 16.9.